The molecule has 2 aliphatic rings. The Balaban J connectivity index is 1.52. The lowest BCUT2D eigenvalue weighted by molar-refractivity contribution is -0.139. The molecule has 0 spiro atoms. The minimum Gasteiger partial charge on any atom is -0.342 e. The van der Waals surface area contributed by atoms with E-state index in [2.05, 4.69) is 5.32 Å². The van der Waals surface area contributed by atoms with Crippen LogP contribution in [0, 0.1) is 17.8 Å². The van der Waals surface area contributed by atoms with Crippen LogP contribution in [0.2, 0.25) is 10.0 Å². The van der Waals surface area contributed by atoms with E-state index in [1.807, 2.05) is 4.90 Å². The van der Waals surface area contributed by atoms with E-state index in [-0.39, 0.29) is 23.7 Å². The Kier molecular flexibility index (Phi) is 6.43. The van der Waals surface area contributed by atoms with Crippen LogP contribution < -0.4 is 11.1 Å². The van der Waals surface area contributed by atoms with Crippen molar-refractivity contribution in [3.63, 3.8) is 0 Å². The molecule has 1 saturated carbocycles. The fourth-order valence-corrected chi connectivity index (χ4v) is 4.36. The van der Waals surface area contributed by atoms with Gasteiger partial charge in [0.05, 0.1) is 10.0 Å². The summed E-state index contributed by atoms with van der Waals surface area (Å²) < 4.78 is 0. The second kappa shape index (κ2) is 8.59. The van der Waals surface area contributed by atoms with Crippen molar-refractivity contribution in [2.24, 2.45) is 23.5 Å². The molecule has 0 radical (unpaired) electrons. The number of piperidine rings is 1. The van der Waals surface area contributed by atoms with Crippen LogP contribution in [0.25, 0.3) is 0 Å². The van der Waals surface area contributed by atoms with E-state index in [0.29, 0.717) is 54.1 Å². The van der Waals surface area contributed by atoms with E-state index in [1.54, 1.807) is 18.2 Å². The van der Waals surface area contributed by atoms with Gasteiger partial charge in [-0.1, -0.05) is 29.6 Å². The second-order valence-corrected chi connectivity index (χ2v) is 8.07. The van der Waals surface area contributed by atoms with E-state index in [4.69, 9.17) is 28.9 Å². The number of halogens is 2. The summed E-state index contributed by atoms with van der Waals surface area (Å²) in [7, 11) is 0. The molecule has 0 aromatic heterocycles. The summed E-state index contributed by atoms with van der Waals surface area (Å²) in [5.74, 6) is 0.486. The van der Waals surface area contributed by atoms with Crippen LogP contribution in [0.3, 0.4) is 0 Å². The lowest BCUT2D eigenvalue weighted by Crippen LogP contribution is -2.45. The lowest BCUT2D eigenvalue weighted by Gasteiger charge is -2.34. The van der Waals surface area contributed by atoms with Crippen LogP contribution in [0.15, 0.2) is 18.2 Å². The molecule has 142 valence electrons. The predicted octanol–water partition coefficient (Wildman–Crippen LogP) is 3.55. The number of anilines is 1. The molecule has 2 fully saturated rings. The number of nitrogens with two attached hydrogens (primary N) is 1. The molecular weight excluding hydrogens is 373 g/mol. The monoisotopic (exact) mass is 397 g/mol. The van der Waals surface area contributed by atoms with Gasteiger partial charge in [-0.05, 0) is 56.3 Å². The number of benzene rings is 1. The van der Waals surface area contributed by atoms with Gasteiger partial charge >= 0.3 is 0 Å². The van der Waals surface area contributed by atoms with Crippen LogP contribution >= 0.6 is 23.2 Å². The molecule has 3 rings (SSSR count). The molecule has 2 atom stereocenters. The van der Waals surface area contributed by atoms with Crippen molar-refractivity contribution in [2.75, 3.05) is 25.0 Å². The topological polar surface area (TPSA) is 75.4 Å². The van der Waals surface area contributed by atoms with Crippen molar-refractivity contribution in [3.8, 4) is 0 Å². The van der Waals surface area contributed by atoms with Gasteiger partial charge < -0.3 is 16.0 Å². The molecule has 0 bridgehead atoms. The molecule has 1 saturated heterocycles. The highest BCUT2D eigenvalue weighted by Gasteiger charge is 2.36. The third-order valence-corrected chi connectivity index (χ3v) is 6.38. The van der Waals surface area contributed by atoms with Crippen molar-refractivity contribution >= 4 is 40.7 Å². The van der Waals surface area contributed by atoms with Crippen LogP contribution in [0.4, 0.5) is 5.69 Å². The number of hydrogen-bond acceptors (Lipinski definition) is 3. The van der Waals surface area contributed by atoms with E-state index in [9.17, 15) is 9.59 Å². The van der Waals surface area contributed by atoms with Crippen LogP contribution in [-0.2, 0) is 9.59 Å². The highest BCUT2D eigenvalue weighted by atomic mass is 35.5. The van der Waals surface area contributed by atoms with Gasteiger partial charge in [-0.3, -0.25) is 9.59 Å². The minimum absolute atomic E-state index is 0.0313. The van der Waals surface area contributed by atoms with Gasteiger partial charge in [0, 0.05) is 30.6 Å². The normalized spacial score (nSPS) is 23.9. The summed E-state index contributed by atoms with van der Waals surface area (Å²) in [5.41, 5.74) is 6.44. The zero-order valence-corrected chi connectivity index (χ0v) is 16.2. The number of carbonyl (C=O) groups excluding carboxylic acids is 2. The summed E-state index contributed by atoms with van der Waals surface area (Å²) in [4.78, 5) is 27.2. The standard InChI is InChI=1S/C19H25Cl2N3O2/c20-16-5-4-14(10-17(16)21)23-18(25)12-6-8-24(9-7-12)19(26)15-3-1-2-13(15)11-22/h4-5,10,12-13,15H,1-3,6-9,11,22H2,(H,23,25)/t13-,15-/m1/s1. The number of carbonyl (C=O) groups is 2. The Morgan fingerprint density at radius 3 is 2.50 bits per heavy atom. The zero-order valence-electron chi connectivity index (χ0n) is 14.7. The lowest BCUT2D eigenvalue weighted by atomic mass is 9.91. The largest absolute Gasteiger partial charge is 0.342 e. The van der Waals surface area contributed by atoms with Crippen LogP contribution in [0.1, 0.15) is 32.1 Å². The van der Waals surface area contributed by atoms with Gasteiger partial charge in [-0.2, -0.15) is 0 Å². The van der Waals surface area contributed by atoms with Gasteiger partial charge in [0.15, 0.2) is 0 Å². The van der Waals surface area contributed by atoms with Crippen molar-refractivity contribution in [1.82, 2.24) is 4.90 Å². The molecule has 3 N–H and O–H groups in total. The summed E-state index contributed by atoms with van der Waals surface area (Å²) in [6.07, 6.45) is 4.44. The molecule has 26 heavy (non-hydrogen) atoms. The van der Waals surface area contributed by atoms with Gasteiger partial charge in [0.25, 0.3) is 0 Å². The zero-order chi connectivity index (χ0) is 18.7. The molecule has 1 aliphatic heterocycles. The Bertz CT molecular complexity index is 675. The third-order valence-electron chi connectivity index (χ3n) is 5.64. The smallest absolute Gasteiger partial charge is 0.227 e. The molecular formula is C19H25Cl2N3O2. The molecule has 2 amide bonds. The number of nitrogens with one attached hydrogen (secondary N) is 1. The van der Waals surface area contributed by atoms with Crippen LogP contribution in [0.5, 0.6) is 0 Å². The number of likely N-dealkylation sites (tertiary alicyclic amines) is 1. The first-order valence-corrected chi connectivity index (χ1v) is 10.00. The van der Waals surface area contributed by atoms with E-state index in [0.717, 1.165) is 19.3 Å². The molecule has 1 aromatic rings. The Labute approximate surface area is 164 Å². The maximum atomic E-state index is 12.7. The maximum absolute atomic E-state index is 12.7. The van der Waals surface area contributed by atoms with Crippen molar-refractivity contribution < 1.29 is 9.59 Å². The highest BCUT2D eigenvalue weighted by molar-refractivity contribution is 6.42. The molecule has 5 nitrogen and oxygen atoms in total. The van der Waals surface area contributed by atoms with Crippen molar-refractivity contribution in [2.45, 2.75) is 32.1 Å². The highest BCUT2D eigenvalue weighted by Crippen LogP contribution is 2.33. The maximum Gasteiger partial charge on any atom is 0.227 e. The summed E-state index contributed by atoms with van der Waals surface area (Å²) in [5, 5.41) is 3.76. The Morgan fingerprint density at radius 1 is 1.12 bits per heavy atom. The molecule has 1 aliphatic carbocycles. The fraction of sp³-hybridized carbons (Fsp3) is 0.579. The second-order valence-electron chi connectivity index (χ2n) is 7.25. The summed E-state index contributed by atoms with van der Waals surface area (Å²) >= 11 is 11.9. The summed E-state index contributed by atoms with van der Waals surface area (Å²) in [6, 6.07) is 5.04. The van der Waals surface area contributed by atoms with Gasteiger partial charge in [0.1, 0.15) is 0 Å². The molecule has 1 aromatic carbocycles. The first-order valence-electron chi connectivity index (χ1n) is 9.24. The average molecular weight is 398 g/mol. The fourth-order valence-electron chi connectivity index (χ4n) is 4.06. The third kappa shape index (κ3) is 4.33. The number of hydrogen-bond donors (Lipinski definition) is 2. The van der Waals surface area contributed by atoms with Gasteiger partial charge in [0.2, 0.25) is 11.8 Å². The Hall–Kier alpha value is -1.30. The average Bonchev–Trinajstić information content (AvgIpc) is 3.13. The molecule has 1 heterocycles. The first-order chi connectivity index (χ1) is 12.5. The first kappa shape index (κ1) is 19.5. The van der Waals surface area contributed by atoms with Crippen molar-refractivity contribution in [1.29, 1.82) is 0 Å². The number of nitrogens with zero attached hydrogens (tertiary/aromatic N) is 1. The van der Waals surface area contributed by atoms with Crippen molar-refractivity contribution in [3.05, 3.63) is 28.2 Å². The predicted molar refractivity (Wildman–Crippen MR) is 104 cm³/mol. The van der Waals surface area contributed by atoms with Gasteiger partial charge in [-0.25, -0.2) is 0 Å². The molecule has 0 unspecified atom stereocenters. The minimum atomic E-state index is -0.0950. The molecule has 7 heteroatoms. The summed E-state index contributed by atoms with van der Waals surface area (Å²) in [6.45, 7) is 1.84. The van der Waals surface area contributed by atoms with Gasteiger partial charge in [-0.15, -0.1) is 0 Å². The number of rotatable bonds is 4. The number of amides is 2. The van der Waals surface area contributed by atoms with E-state index in [1.165, 1.54) is 0 Å². The van der Waals surface area contributed by atoms with Crippen LogP contribution in [-0.4, -0.2) is 36.3 Å². The van der Waals surface area contributed by atoms with E-state index >= 15 is 0 Å². The quantitative estimate of drug-likeness (QED) is 0.815. The van der Waals surface area contributed by atoms with E-state index < -0.39 is 0 Å². The Morgan fingerprint density at radius 2 is 1.85 bits per heavy atom. The SMILES string of the molecule is NC[C@H]1CCC[C@H]1C(=O)N1CCC(C(=O)Nc2ccc(Cl)c(Cl)c2)CC1.